The second-order valence-corrected chi connectivity index (χ2v) is 4.87. The summed E-state index contributed by atoms with van der Waals surface area (Å²) >= 11 is 0. The van der Waals surface area contributed by atoms with Gasteiger partial charge in [0.05, 0.1) is 11.9 Å². The molecule has 2 rings (SSSR count). The highest BCUT2D eigenvalue weighted by Crippen LogP contribution is 2.20. The molecule has 0 amide bonds. The highest BCUT2D eigenvalue weighted by Gasteiger charge is 2.07. The Morgan fingerprint density at radius 1 is 1.17 bits per heavy atom. The van der Waals surface area contributed by atoms with Gasteiger partial charge in [-0.05, 0) is 50.3 Å². The molecule has 1 aromatic carbocycles. The molecule has 1 aromatic heterocycles. The van der Waals surface area contributed by atoms with Crippen LogP contribution in [0.3, 0.4) is 0 Å². The summed E-state index contributed by atoms with van der Waals surface area (Å²) in [6.45, 7) is 6.57. The second-order valence-electron chi connectivity index (χ2n) is 4.87. The molecule has 96 valence electrons. The molecule has 0 unspecified atom stereocenters. The van der Waals surface area contributed by atoms with E-state index >= 15 is 0 Å². The third kappa shape index (κ3) is 2.62. The van der Waals surface area contributed by atoms with Crippen LogP contribution in [-0.4, -0.2) is 21.5 Å². The van der Waals surface area contributed by atoms with Gasteiger partial charge in [-0.3, -0.25) is 0 Å². The van der Waals surface area contributed by atoms with Gasteiger partial charge in [-0.15, -0.1) is 0 Å². The van der Waals surface area contributed by atoms with Crippen LogP contribution in [0.25, 0.3) is 5.69 Å². The molecule has 0 saturated heterocycles. The van der Waals surface area contributed by atoms with Gasteiger partial charge in [0.25, 0.3) is 0 Å². The van der Waals surface area contributed by atoms with Gasteiger partial charge in [-0.1, -0.05) is 17.7 Å². The first kappa shape index (κ1) is 12.8. The zero-order valence-corrected chi connectivity index (χ0v) is 11.3. The average molecular weight is 244 g/mol. The lowest BCUT2D eigenvalue weighted by Crippen LogP contribution is -2.01. The van der Waals surface area contributed by atoms with E-state index in [1.54, 1.807) is 0 Å². The summed E-state index contributed by atoms with van der Waals surface area (Å²) in [7, 11) is 0. The molecule has 3 heteroatoms. The topological polar surface area (TPSA) is 38.0 Å². The van der Waals surface area contributed by atoms with Gasteiger partial charge in [0.15, 0.2) is 0 Å². The van der Waals surface area contributed by atoms with Crippen molar-refractivity contribution in [3.05, 3.63) is 46.8 Å². The van der Waals surface area contributed by atoms with Gasteiger partial charge >= 0.3 is 0 Å². The summed E-state index contributed by atoms with van der Waals surface area (Å²) in [6.07, 6.45) is 5.60. The smallest absolute Gasteiger partial charge is 0.0704 e. The molecular formula is C15H20N2O. The van der Waals surface area contributed by atoms with Crippen molar-refractivity contribution < 1.29 is 5.11 Å². The van der Waals surface area contributed by atoms with Crippen LogP contribution >= 0.6 is 0 Å². The Hall–Kier alpha value is -1.61. The van der Waals surface area contributed by atoms with Crippen molar-refractivity contribution in [2.24, 2.45) is 0 Å². The van der Waals surface area contributed by atoms with Crippen molar-refractivity contribution in [1.29, 1.82) is 0 Å². The maximum atomic E-state index is 8.84. The Bertz CT molecular complexity index is 520. The quantitative estimate of drug-likeness (QED) is 0.898. The minimum Gasteiger partial charge on any atom is -0.396 e. The van der Waals surface area contributed by atoms with Crippen molar-refractivity contribution in [3.63, 3.8) is 0 Å². The van der Waals surface area contributed by atoms with Crippen LogP contribution in [0, 0.1) is 20.8 Å². The third-order valence-electron chi connectivity index (χ3n) is 3.12. The molecule has 0 bridgehead atoms. The lowest BCUT2D eigenvalue weighted by Gasteiger charge is -2.11. The zero-order chi connectivity index (χ0) is 13.1. The van der Waals surface area contributed by atoms with Gasteiger partial charge in [0.1, 0.15) is 0 Å². The molecule has 18 heavy (non-hydrogen) atoms. The maximum absolute atomic E-state index is 8.84. The number of rotatable bonds is 4. The van der Waals surface area contributed by atoms with Crippen molar-refractivity contribution >= 4 is 0 Å². The number of aryl methyl sites for hydroxylation is 4. The fourth-order valence-corrected chi connectivity index (χ4v) is 2.43. The van der Waals surface area contributed by atoms with E-state index in [0.29, 0.717) is 0 Å². The fourth-order valence-electron chi connectivity index (χ4n) is 2.43. The highest BCUT2D eigenvalue weighted by atomic mass is 16.2. The van der Waals surface area contributed by atoms with Crippen LogP contribution in [0.2, 0.25) is 0 Å². The fraction of sp³-hybridized carbons (Fsp3) is 0.400. The van der Waals surface area contributed by atoms with Gasteiger partial charge < -0.3 is 5.11 Å². The third-order valence-corrected chi connectivity index (χ3v) is 3.12. The minimum absolute atomic E-state index is 0.230. The van der Waals surface area contributed by atoms with Crippen molar-refractivity contribution in [1.82, 2.24) is 9.78 Å². The van der Waals surface area contributed by atoms with Crippen LogP contribution in [0.1, 0.15) is 28.7 Å². The normalized spacial score (nSPS) is 10.9. The maximum Gasteiger partial charge on any atom is 0.0704 e. The van der Waals surface area contributed by atoms with E-state index in [9.17, 15) is 0 Å². The standard InChI is InChI=1S/C15H20N2O/c1-11-7-12(2)15(13(3)8-11)17-10-14(9-16-17)5-4-6-18/h7-10,18H,4-6H2,1-3H3. The minimum atomic E-state index is 0.230. The van der Waals surface area contributed by atoms with Gasteiger partial charge in [-0.2, -0.15) is 5.10 Å². The monoisotopic (exact) mass is 244 g/mol. The first-order chi connectivity index (χ1) is 8.61. The molecule has 0 atom stereocenters. The van der Waals surface area contributed by atoms with E-state index < -0.39 is 0 Å². The van der Waals surface area contributed by atoms with Crippen molar-refractivity contribution in [3.8, 4) is 5.69 Å². The number of aliphatic hydroxyl groups excluding tert-OH is 1. The largest absolute Gasteiger partial charge is 0.396 e. The van der Waals surface area contributed by atoms with Crippen LogP contribution in [0.15, 0.2) is 24.5 Å². The Kier molecular flexibility index (Phi) is 3.82. The molecule has 3 nitrogen and oxygen atoms in total. The molecular weight excluding hydrogens is 224 g/mol. The van der Waals surface area contributed by atoms with E-state index in [1.165, 1.54) is 22.3 Å². The number of hydrogen-bond acceptors (Lipinski definition) is 2. The van der Waals surface area contributed by atoms with Crippen molar-refractivity contribution in [2.75, 3.05) is 6.61 Å². The highest BCUT2D eigenvalue weighted by molar-refractivity contribution is 5.48. The molecule has 1 N–H and O–H groups in total. The van der Waals surface area contributed by atoms with Crippen LogP contribution in [0.4, 0.5) is 0 Å². The lowest BCUT2D eigenvalue weighted by molar-refractivity contribution is 0.288. The summed E-state index contributed by atoms with van der Waals surface area (Å²) in [4.78, 5) is 0. The molecule has 2 aromatic rings. The average Bonchev–Trinajstić information content (AvgIpc) is 2.73. The molecule has 1 heterocycles. The Balaban J connectivity index is 2.34. The zero-order valence-electron chi connectivity index (χ0n) is 11.3. The number of benzene rings is 1. The van der Waals surface area contributed by atoms with Crippen LogP contribution in [0.5, 0.6) is 0 Å². The number of aromatic nitrogens is 2. The van der Waals surface area contributed by atoms with Crippen molar-refractivity contribution in [2.45, 2.75) is 33.6 Å². The van der Waals surface area contributed by atoms with E-state index in [0.717, 1.165) is 18.5 Å². The van der Waals surface area contributed by atoms with E-state index in [-0.39, 0.29) is 6.61 Å². The summed E-state index contributed by atoms with van der Waals surface area (Å²) in [5.74, 6) is 0. The molecule has 0 saturated carbocycles. The summed E-state index contributed by atoms with van der Waals surface area (Å²) < 4.78 is 1.94. The summed E-state index contributed by atoms with van der Waals surface area (Å²) in [5, 5.41) is 13.3. The first-order valence-electron chi connectivity index (χ1n) is 6.34. The van der Waals surface area contributed by atoms with Gasteiger partial charge in [0.2, 0.25) is 0 Å². The lowest BCUT2D eigenvalue weighted by atomic mass is 10.1. The number of nitrogens with zero attached hydrogens (tertiary/aromatic N) is 2. The molecule has 0 fully saturated rings. The number of hydrogen-bond donors (Lipinski definition) is 1. The summed E-state index contributed by atoms with van der Waals surface area (Å²) in [6, 6.07) is 4.36. The van der Waals surface area contributed by atoms with E-state index in [2.05, 4.69) is 44.2 Å². The Labute approximate surface area is 108 Å². The molecule has 0 aliphatic carbocycles. The molecule has 0 spiro atoms. The van der Waals surface area contributed by atoms with E-state index in [4.69, 9.17) is 5.11 Å². The first-order valence-corrected chi connectivity index (χ1v) is 6.34. The predicted octanol–water partition coefficient (Wildman–Crippen LogP) is 2.72. The Morgan fingerprint density at radius 3 is 2.44 bits per heavy atom. The predicted molar refractivity (Wildman–Crippen MR) is 73.2 cm³/mol. The molecule has 0 aliphatic heterocycles. The van der Waals surface area contributed by atoms with Crippen LogP contribution in [-0.2, 0) is 6.42 Å². The molecule has 0 radical (unpaired) electrons. The van der Waals surface area contributed by atoms with Gasteiger partial charge in [0, 0.05) is 12.8 Å². The van der Waals surface area contributed by atoms with Crippen LogP contribution < -0.4 is 0 Å². The SMILES string of the molecule is Cc1cc(C)c(-n2cc(CCCO)cn2)c(C)c1. The Morgan fingerprint density at radius 2 is 1.83 bits per heavy atom. The molecule has 0 aliphatic rings. The second kappa shape index (κ2) is 5.36. The van der Waals surface area contributed by atoms with E-state index in [1.807, 2.05) is 10.9 Å². The summed E-state index contributed by atoms with van der Waals surface area (Å²) in [5.41, 5.74) is 6.09. The van der Waals surface area contributed by atoms with Gasteiger partial charge in [-0.25, -0.2) is 4.68 Å². The number of aliphatic hydroxyl groups is 1.